The molecule has 0 saturated heterocycles. The first-order chi connectivity index (χ1) is 3.27. The molecule has 0 spiro atoms. The van der Waals surface area contributed by atoms with Gasteiger partial charge in [-0.15, -0.1) is 0 Å². The van der Waals surface area contributed by atoms with Crippen LogP contribution in [0.5, 0.6) is 0 Å². The Kier molecular flexibility index (Phi) is 21.3. The summed E-state index contributed by atoms with van der Waals surface area (Å²) in [5, 5.41) is 10.7. The van der Waals surface area contributed by atoms with Crippen molar-refractivity contribution in [1.29, 1.82) is 0 Å². The molecule has 1 radical (unpaired) electrons. The first-order valence-electron chi connectivity index (χ1n) is 2.11. The second-order valence-electron chi connectivity index (χ2n) is 1.58. The van der Waals surface area contributed by atoms with Crippen LogP contribution in [0, 0.1) is 5.92 Å². The minimum atomic E-state index is 0. The van der Waals surface area contributed by atoms with E-state index in [1.54, 1.807) is 0 Å². The van der Waals surface area contributed by atoms with E-state index in [2.05, 4.69) is 10.1 Å². The Bertz CT molecular complexity index is 69.6. The van der Waals surface area contributed by atoms with Gasteiger partial charge in [0.05, 0.1) is 6.21 Å². The van der Waals surface area contributed by atoms with Crippen LogP contribution in [-0.2, 0) is 51.2 Å². The van der Waals surface area contributed by atoms with Gasteiger partial charge in [0, 0.05) is 32.7 Å². The van der Waals surface area contributed by atoms with E-state index < -0.39 is 0 Å². The molecule has 1 N–H and O–H groups in total. The van der Waals surface area contributed by atoms with E-state index in [4.69, 9.17) is 5.26 Å². The first kappa shape index (κ1) is 16.5. The van der Waals surface area contributed by atoms with Crippen LogP contribution in [-0.4, -0.2) is 11.5 Å². The van der Waals surface area contributed by atoms with Gasteiger partial charge in [0.15, 0.2) is 0 Å². The molecule has 0 aromatic heterocycles. The third-order valence-corrected chi connectivity index (χ3v) is 0.406. The van der Waals surface area contributed by atoms with Crippen LogP contribution in [0.2, 0.25) is 0 Å². The van der Waals surface area contributed by atoms with Gasteiger partial charge in [-0.05, 0) is 5.92 Å². The number of hydrogen-bond acceptors (Lipinski definition) is 4. The fourth-order valence-electron chi connectivity index (χ4n) is 0.149. The smallest absolute Gasteiger partial charge is 0.0502 e. The van der Waals surface area contributed by atoms with Crippen molar-refractivity contribution < 1.29 is 43.0 Å². The number of hydrogen-bond donors (Lipinski definition) is 1. The summed E-state index contributed by atoms with van der Waals surface area (Å²) >= 11 is 0. The zero-order valence-electron chi connectivity index (χ0n) is 5.48. The number of oxime groups is 1. The van der Waals surface area contributed by atoms with Crippen LogP contribution in [0.4, 0.5) is 0 Å². The van der Waals surface area contributed by atoms with Crippen molar-refractivity contribution in [3.05, 3.63) is 0 Å². The molecule has 0 aliphatic heterocycles. The largest absolute Gasteiger partial charge is 0.813 e. The van der Waals surface area contributed by atoms with Crippen molar-refractivity contribution in [3.8, 4) is 0 Å². The van der Waals surface area contributed by atoms with E-state index in [1.165, 1.54) is 6.21 Å². The van der Waals surface area contributed by atoms with Crippen molar-refractivity contribution in [2.75, 3.05) is 0 Å². The second-order valence-corrected chi connectivity index (χ2v) is 1.58. The van der Waals surface area contributed by atoms with Gasteiger partial charge < -0.3 is 13.5 Å². The molecular formula is C4H10NO2SY-. The average molecular weight is 225 g/mol. The van der Waals surface area contributed by atoms with Gasteiger partial charge in [-0.1, -0.05) is 19.0 Å². The summed E-state index contributed by atoms with van der Waals surface area (Å²) in [6.45, 7) is 3.87. The minimum absolute atomic E-state index is 0. The van der Waals surface area contributed by atoms with Crippen molar-refractivity contribution in [2.45, 2.75) is 13.8 Å². The monoisotopic (exact) mass is 225 g/mol. The molecule has 0 atom stereocenters. The van der Waals surface area contributed by atoms with E-state index >= 15 is 0 Å². The van der Waals surface area contributed by atoms with Crippen LogP contribution in [0.15, 0.2) is 5.16 Å². The molecule has 5 heteroatoms. The molecule has 53 valence electrons. The molecule has 9 heavy (non-hydrogen) atoms. The van der Waals surface area contributed by atoms with Gasteiger partial charge in [0.2, 0.25) is 0 Å². The maximum atomic E-state index is 7.62. The van der Waals surface area contributed by atoms with Crippen molar-refractivity contribution in [1.82, 2.24) is 0 Å². The third-order valence-electron chi connectivity index (χ3n) is 0.406. The van der Waals surface area contributed by atoms with Crippen LogP contribution < -0.4 is 0 Å². The Balaban J connectivity index is -0.000000180. The molecule has 0 unspecified atom stereocenters. The molecule has 0 aliphatic carbocycles. The fraction of sp³-hybridized carbons (Fsp3) is 0.750. The van der Waals surface area contributed by atoms with Crippen molar-refractivity contribution in [2.24, 2.45) is 11.1 Å². The van der Waals surface area contributed by atoms with Crippen LogP contribution in [0.1, 0.15) is 13.8 Å². The summed E-state index contributed by atoms with van der Waals surface area (Å²) in [6, 6.07) is 0. The molecule has 0 amide bonds. The Morgan fingerprint density at radius 3 is 2.11 bits per heavy atom. The van der Waals surface area contributed by atoms with Gasteiger partial charge in [-0.25, -0.2) is 4.99 Å². The molecule has 0 saturated carbocycles. The molecular weight excluding hydrogens is 215 g/mol. The van der Waals surface area contributed by atoms with Gasteiger partial charge in [0.1, 0.15) is 0 Å². The predicted octanol–water partition coefficient (Wildman–Crippen LogP) is 0.845. The van der Waals surface area contributed by atoms with Gasteiger partial charge in [0.25, 0.3) is 0 Å². The zero-order chi connectivity index (χ0) is 5.70. The second kappa shape index (κ2) is 11.7. The minimum Gasteiger partial charge on any atom is -0.813 e. The third kappa shape index (κ3) is 17.6. The normalized spacial score (nSPS) is 8.44. The maximum Gasteiger partial charge on any atom is 0.0502 e. The Morgan fingerprint density at radius 2 is 2.00 bits per heavy atom. The zero-order valence-corrected chi connectivity index (χ0v) is 9.21. The Labute approximate surface area is 87.1 Å². The topological polar surface area (TPSA) is 41.8 Å². The summed E-state index contributed by atoms with van der Waals surface area (Å²) < 4.78 is 0. The Morgan fingerprint density at radius 1 is 1.56 bits per heavy atom. The molecule has 0 aromatic carbocycles. The SMILES string of the molecule is CC(C)/C=N/OO.[SH-].[Y]. The van der Waals surface area contributed by atoms with Crippen molar-refractivity contribution in [3.63, 3.8) is 0 Å². The van der Waals surface area contributed by atoms with Gasteiger partial charge >= 0.3 is 0 Å². The first-order valence-corrected chi connectivity index (χ1v) is 2.11. The molecule has 0 aliphatic rings. The van der Waals surface area contributed by atoms with E-state index in [1.807, 2.05) is 13.8 Å². The average Bonchev–Trinajstić information content (AvgIpc) is 1.61. The van der Waals surface area contributed by atoms with Gasteiger partial charge in [-0.2, -0.15) is 5.26 Å². The fourth-order valence-corrected chi connectivity index (χ4v) is 0.149. The summed E-state index contributed by atoms with van der Waals surface area (Å²) in [7, 11) is 0. The van der Waals surface area contributed by atoms with Crippen molar-refractivity contribution >= 4 is 19.7 Å². The molecule has 0 fully saturated rings. The number of nitrogens with zero attached hydrogens (tertiary/aromatic N) is 1. The standard InChI is InChI=1S/C4H9NO2.H2S.Y/c1-4(2)3-5-7-6;;/h3-4,6H,1-2H3;1H2;/p-1/b5-3+;;. The van der Waals surface area contributed by atoms with Gasteiger partial charge in [-0.3, -0.25) is 0 Å². The molecule has 0 bridgehead atoms. The molecule has 0 aromatic rings. The number of rotatable bonds is 2. The van der Waals surface area contributed by atoms with Crippen LogP contribution in [0.25, 0.3) is 0 Å². The predicted molar refractivity (Wildman–Crippen MR) is 35.8 cm³/mol. The van der Waals surface area contributed by atoms with Crippen LogP contribution >= 0.6 is 0 Å². The quantitative estimate of drug-likeness (QED) is 0.249. The van der Waals surface area contributed by atoms with Crippen LogP contribution in [0.3, 0.4) is 0 Å². The summed E-state index contributed by atoms with van der Waals surface area (Å²) in [6.07, 6.45) is 1.50. The summed E-state index contributed by atoms with van der Waals surface area (Å²) in [5.74, 6) is 0.326. The molecule has 0 rings (SSSR count). The molecule has 3 nitrogen and oxygen atoms in total. The summed E-state index contributed by atoms with van der Waals surface area (Å²) in [4.78, 5) is 3.42. The Hall–Kier alpha value is 0.884. The van der Waals surface area contributed by atoms with E-state index in [0.29, 0.717) is 5.92 Å². The van der Waals surface area contributed by atoms with E-state index in [-0.39, 0.29) is 46.2 Å². The van der Waals surface area contributed by atoms with E-state index in [9.17, 15) is 0 Å². The summed E-state index contributed by atoms with van der Waals surface area (Å²) in [5.41, 5.74) is 0. The van der Waals surface area contributed by atoms with E-state index in [0.717, 1.165) is 0 Å². The molecule has 0 heterocycles. The number of thiol groups is 1. The maximum absolute atomic E-state index is 7.62.